The number of pyridine rings is 1. The van der Waals surface area contributed by atoms with Gasteiger partial charge in [0.2, 0.25) is 0 Å². The fourth-order valence-electron chi connectivity index (χ4n) is 2.15. The highest BCUT2D eigenvalue weighted by atomic mass is 16.6. The number of nitrogens with one attached hydrogen (secondary N) is 1. The van der Waals surface area contributed by atoms with Crippen molar-refractivity contribution in [3.63, 3.8) is 0 Å². The lowest BCUT2D eigenvalue weighted by molar-refractivity contribution is -0.385. The molecule has 0 amide bonds. The Kier molecular flexibility index (Phi) is 4.14. The molecule has 2 heterocycles. The molecule has 0 radical (unpaired) electrons. The number of nitro groups is 1. The maximum absolute atomic E-state index is 11.2. The van der Waals surface area contributed by atoms with Gasteiger partial charge in [-0.25, -0.2) is 9.78 Å². The molecule has 2 unspecified atom stereocenters. The molecule has 20 heavy (non-hydrogen) atoms. The summed E-state index contributed by atoms with van der Waals surface area (Å²) >= 11 is 0. The van der Waals surface area contributed by atoms with Crippen LogP contribution in [0.3, 0.4) is 0 Å². The van der Waals surface area contributed by atoms with Crippen LogP contribution >= 0.6 is 0 Å². The van der Waals surface area contributed by atoms with Crippen LogP contribution in [0.15, 0.2) is 12.3 Å². The van der Waals surface area contributed by atoms with Crippen molar-refractivity contribution in [2.75, 3.05) is 11.9 Å². The van der Waals surface area contributed by atoms with Crippen molar-refractivity contribution >= 4 is 17.5 Å². The fourth-order valence-corrected chi connectivity index (χ4v) is 2.15. The number of ether oxygens (including phenoxy) is 1. The number of rotatable bonds is 4. The van der Waals surface area contributed by atoms with Crippen LogP contribution in [0, 0.1) is 10.1 Å². The molecule has 0 aromatic carbocycles. The first-order valence-corrected chi connectivity index (χ1v) is 6.23. The number of anilines is 1. The van der Waals surface area contributed by atoms with E-state index < -0.39 is 10.9 Å². The average molecular weight is 281 g/mol. The standard InChI is InChI=1S/C12H15N3O5/c1-7-4-8(2-3-20-7)14-11-10(12(16)17)5-9(6-13-11)15(18)19/h5-8H,2-4H2,1H3,(H,13,14)(H,16,17). The molecule has 1 aliphatic heterocycles. The molecule has 0 spiro atoms. The molecule has 2 rings (SSSR count). The Labute approximate surface area is 114 Å². The lowest BCUT2D eigenvalue weighted by Crippen LogP contribution is -2.33. The van der Waals surface area contributed by atoms with E-state index in [0.29, 0.717) is 6.61 Å². The van der Waals surface area contributed by atoms with Gasteiger partial charge in [-0.1, -0.05) is 0 Å². The van der Waals surface area contributed by atoms with Crippen molar-refractivity contribution in [3.8, 4) is 0 Å². The molecule has 8 nitrogen and oxygen atoms in total. The quantitative estimate of drug-likeness (QED) is 0.637. The van der Waals surface area contributed by atoms with Gasteiger partial charge in [0.25, 0.3) is 5.69 Å². The topological polar surface area (TPSA) is 115 Å². The largest absolute Gasteiger partial charge is 0.478 e. The van der Waals surface area contributed by atoms with Gasteiger partial charge in [-0.05, 0) is 19.8 Å². The van der Waals surface area contributed by atoms with Gasteiger partial charge in [-0.2, -0.15) is 0 Å². The van der Waals surface area contributed by atoms with E-state index in [1.165, 1.54) is 0 Å². The molecule has 0 saturated carbocycles. The molecular formula is C12H15N3O5. The number of hydrogen-bond donors (Lipinski definition) is 2. The van der Waals surface area contributed by atoms with Crippen LogP contribution in [-0.4, -0.2) is 39.7 Å². The van der Waals surface area contributed by atoms with Crippen molar-refractivity contribution in [1.29, 1.82) is 0 Å². The summed E-state index contributed by atoms with van der Waals surface area (Å²) in [5, 5.41) is 22.8. The summed E-state index contributed by atoms with van der Waals surface area (Å²) in [7, 11) is 0. The normalized spacial score (nSPS) is 22.2. The van der Waals surface area contributed by atoms with Crippen molar-refractivity contribution in [2.45, 2.75) is 31.9 Å². The van der Waals surface area contributed by atoms with Crippen LogP contribution in [0.2, 0.25) is 0 Å². The minimum atomic E-state index is -1.25. The number of carboxylic acids is 1. The Morgan fingerprint density at radius 2 is 2.40 bits per heavy atom. The van der Waals surface area contributed by atoms with Crippen LogP contribution in [0.25, 0.3) is 0 Å². The molecule has 108 valence electrons. The molecule has 1 aromatic heterocycles. The highest BCUT2D eigenvalue weighted by Gasteiger charge is 2.23. The van der Waals surface area contributed by atoms with Crippen LogP contribution in [0.4, 0.5) is 11.5 Å². The third-order valence-corrected chi connectivity index (χ3v) is 3.14. The fraction of sp³-hybridized carbons (Fsp3) is 0.500. The van der Waals surface area contributed by atoms with E-state index >= 15 is 0 Å². The zero-order valence-electron chi connectivity index (χ0n) is 10.9. The summed E-state index contributed by atoms with van der Waals surface area (Å²) in [5.74, 6) is -1.09. The van der Waals surface area contributed by atoms with Gasteiger partial charge in [0.05, 0.1) is 11.0 Å². The summed E-state index contributed by atoms with van der Waals surface area (Å²) < 4.78 is 5.41. The number of carboxylic acid groups (broad SMARTS) is 1. The van der Waals surface area contributed by atoms with Crippen LogP contribution in [-0.2, 0) is 4.74 Å². The number of nitrogens with zero attached hydrogens (tertiary/aromatic N) is 2. The van der Waals surface area contributed by atoms with E-state index in [1.54, 1.807) is 0 Å². The molecule has 0 aliphatic carbocycles. The van der Waals surface area contributed by atoms with Gasteiger partial charge in [-0.15, -0.1) is 0 Å². The first-order valence-electron chi connectivity index (χ1n) is 6.23. The zero-order chi connectivity index (χ0) is 14.7. The minimum absolute atomic E-state index is 0.0470. The summed E-state index contributed by atoms with van der Waals surface area (Å²) in [5.41, 5.74) is -0.536. The Morgan fingerprint density at radius 3 is 3.00 bits per heavy atom. The molecule has 2 N–H and O–H groups in total. The maximum atomic E-state index is 11.2. The summed E-state index contributed by atoms with van der Waals surface area (Å²) in [6, 6.07) is 1.06. The van der Waals surface area contributed by atoms with Gasteiger partial charge in [0, 0.05) is 18.7 Å². The van der Waals surface area contributed by atoms with Gasteiger partial charge in [-0.3, -0.25) is 10.1 Å². The van der Waals surface area contributed by atoms with E-state index in [4.69, 9.17) is 9.84 Å². The Balaban J connectivity index is 2.22. The lowest BCUT2D eigenvalue weighted by atomic mass is 10.0. The molecule has 0 bridgehead atoms. The van der Waals surface area contributed by atoms with Crippen molar-refractivity contribution in [3.05, 3.63) is 27.9 Å². The van der Waals surface area contributed by atoms with Crippen molar-refractivity contribution in [1.82, 2.24) is 4.98 Å². The molecule has 1 fully saturated rings. The van der Waals surface area contributed by atoms with E-state index in [0.717, 1.165) is 25.1 Å². The van der Waals surface area contributed by atoms with Crippen LogP contribution in [0.1, 0.15) is 30.1 Å². The van der Waals surface area contributed by atoms with Crippen LogP contribution < -0.4 is 5.32 Å². The van der Waals surface area contributed by atoms with Gasteiger partial charge >= 0.3 is 5.97 Å². The predicted octanol–water partition coefficient (Wildman–Crippen LogP) is 1.67. The average Bonchev–Trinajstić information content (AvgIpc) is 2.38. The number of carbonyl (C=O) groups is 1. The lowest BCUT2D eigenvalue weighted by Gasteiger charge is -2.28. The number of aromatic nitrogens is 1. The molecule has 2 atom stereocenters. The predicted molar refractivity (Wildman–Crippen MR) is 69.9 cm³/mol. The molecular weight excluding hydrogens is 266 g/mol. The van der Waals surface area contributed by atoms with Gasteiger partial charge in [0.15, 0.2) is 0 Å². The van der Waals surface area contributed by atoms with E-state index in [-0.39, 0.29) is 29.2 Å². The smallest absolute Gasteiger partial charge is 0.339 e. The Hall–Kier alpha value is -2.22. The highest BCUT2D eigenvalue weighted by molar-refractivity contribution is 5.93. The highest BCUT2D eigenvalue weighted by Crippen LogP contribution is 2.23. The minimum Gasteiger partial charge on any atom is -0.478 e. The number of aromatic carboxylic acids is 1. The van der Waals surface area contributed by atoms with Crippen molar-refractivity contribution in [2.24, 2.45) is 0 Å². The van der Waals surface area contributed by atoms with E-state index in [9.17, 15) is 14.9 Å². The third-order valence-electron chi connectivity index (χ3n) is 3.14. The summed E-state index contributed by atoms with van der Waals surface area (Å²) in [4.78, 5) is 25.0. The first kappa shape index (κ1) is 14.2. The molecule has 8 heteroatoms. The van der Waals surface area contributed by atoms with E-state index in [1.807, 2.05) is 6.92 Å². The van der Waals surface area contributed by atoms with Crippen molar-refractivity contribution < 1.29 is 19.6 Å². The Morgan fingerprint density at radius 1 is 1.65 bits per heavy atom. The SMILES string of the molecule is CC1CC(Nc2ncc([N+](=O)[O-])cc2C(=O)O)CCO1. The summed E-state index contributed by atoms with van der Waals surface area (Å²) in [6.07, 6.45) is 2.62. The first-order chi connectivity index (χ1) is 9.47. The third kappa shape index (κ3) is 3.21. The molecule has 1 saturated heterocycles. The molecule has 1 aromatic rings. The second-order valence-electron chi connectivity index (χ2n) is 4.70. The zero-order valence-corrected chi connectivity index (χ0v) is 10.9. The Bertz CT molecular complexity index is 534. The monoisotopic (exact) mass is 281 g/mol. The van der Waals surface area contributed by atoms with Gasteiger partial charge in [0.1, 0.15) is 17.6 Å². The molecule has 1 aliphatic rings. The van der Waals surface area contributed by atoms with E-state index in [2.05, 4.69) is 10.3 Å². The second kappa shape index (κ2) is 5.83. The summed E-state index contributed by atoms with van der Waals surface area (Å²) in [6.45, 7) is 2.53. The number of hydrogen-bond acceptors (Lipinski definition) is 6. The van der Waals surface area contributed by atoms with Crippen LogP contribution in [0.5, 0.6) is 0 Å². The maximum Gasteiger partial charge on any atom is 0.339 e. The van der Waals surface area contributed by atoms with Gasteiger partial charge < -0.3 is 15.2 Å². The second-order valence-corrected chi connectivity index (χ2v) is 4.70.